The van der Waals surface area contributed by atoms with E-state index in [1.165, 1.54) is 0 Å². The van der Waals surface area contributed by atoms with Gasteiger partial charge in [0, 0.05) is 0 Å². The molecule has 1 saturated heterocycles. The van der Waals surface area contributed by atoms with Crippen molar-refractivity contribution in [2.45, 2.75) is 31.1 Å². The molecule has 1 N–H and O–H groups in total. The quantitative estimate of drug-likeness (QED) is 0.854. The van der Waals surface area contributed by atoms with Crippen LogP contribution in [0, 0.1) is 0 Å². The fourth-order valence-electron chi connectivity index (χ4n) is 1.70. The maximum absolute atomic E-state index is 10.3. The maximum Gasteiger partial charge on any atom is 0.329 e. The first-order chi connectivity index (χ1) is 8.10. The predicted molar refractivity (Wildman–Crippen MR) is 60.6 cm³/mol. The normalized spacial score (nSPS) is 24.1. The van der Waals surface area contributed by atoms with Crippen LogP contribution >= 0.6 is 11.8 Å². The average Bonchev–Trinajstić information content (AvgIpc) is 2.87. The van der Waals surface area contributed by atoms with E-state index in [-0.39, 0.29) is 18.0 Å². The third-order valence-corrected chi connectivity index (χ3v) is 4.10. The Morgan fingerprint density at radius 3 is 3.12 bits per heavy atom. The highest BCUT2D eigenvalue weighted by Gasteiger charge is 2.36. The van der Waals surface area contributed by atoms with Crippen molar-refractivity contribution >= 4 is 17.7 Å². The van der Waals surface area contributed by atoms with Crippen molar-refractivity contribution in [1.82, 2.24) is 10.2 Å². The standard InChI is InChI=1S/C10H14N2O4S/c1-10(3-2-4-17-10)9-12-11-7(16-9)5-15-6-8(13)14/h2-6H2,1H3,(H,13,14). The zero-order valence-electron chi connectivity index (χ0n) is 9.51. The highest BCUT2D eigenvalue weighted by atomic mass is 32.2. The van der Waals surface area contributed by atoms with Gasteiger partial charge < -0.3 is 14.3 Å². The molecule has 7 heteroatoms. The zero-order chi connectivity index (χ0) is 12.3. The minimum absolute atomic E-state index is 0.0417. The molecule has 0 aliphatic carbocycles. The van der Waals surface area contributed by atoms with E-state index in [1.807, 2.05) is 11.8 Å². The Hall–Kier alpha value is -1.08. The first-order valence-electron chi connectivity index (χ1n) is 5.36. The molecule has 0 amide bonds. The first-order valence-corrected chi connectivity index (χ1v) is 6.35. The average molecular weight is 258 g/mol. The molecular formula is C10H14N2O4S. The molecular weight excluding hydrogens is 244 g/mol. The lowest BCUT2D eigenvalue weighted by molar-refractivity contribution is -0.142. The molecule has 0 spiro atoms. The van der Waals surface area contributed by atoms with Crippen LogP contribution < -0.4 is 0 Å². The molecule has 0 aromatic carbocycles. The summed E-state index contributed by atoms with van der Waals surface area (Å²) in [6.45, 7) is 1.77. The van der Waals surface area contributed by atoms with Crippen molar-refractivity contribution in [1.29, 1.82) is 0 Å². The minimum Gasteiger partial charge on any atom is -0.480 e. The van der Waals surface area contributed by atoms with Crippen LogP contribution in [0.2, 0.25) is 0 Å². The van der Waals surface area contributed by atoms with Crippen molar-refractivity contribution in [2.24, 2.45) is 0 Å². The molecule has 1 atom stereocenters. The summed E-state index contributed by atoms with van der Waals surface area (Å²) in [4.78, 5) is 10.3. The van der Waals surface area contributed by atoms with E-state index in [2.05, 4.69) is 17.1 Å². The number of aliphatic carboxylic acids is 1. The Morgan fingerprint density at radius 1 is 1.65 bits per heavy atom. The van der Waals surface area contributed by atoms with Gasteiger partial charge >= 0.3 is 5.97 Å². The molecule has 0 radical (unpaired) electrons. The summed E-state index contributed by atoms with van der Waals surface area (Å²) in [7, 11) is 0. The van der Waals surface area contributed by atoms with E-state index >= 15 is 0 Å². The van der Waals surface area contributed by atoms with E-state index in [0.29, 0.717) is 11.8 Å². The van der Waals surface area contributed by atoms with Crippen molar-refractivity contribution in [3.63, 3.8) is 0 Å². The van der Waals surface area contributed by atoms with Gasteiger partial charge in [-0.1, -0.05) is 0 Å². The number of rotatable bonds is 5. The maximum atomic E-state index is 10.3. The lowest BCUT2D eigenvalue weighted by atomic mass is 10.1. The van der Waals surface area contributed by atoms with Crippen molar-refractivity contribution in [3.05, 3.63) is 11.8 Å². The van der Waals surface area contributed by atoms with Crippen LogP contribution in [0.4, 0.5) is 0 Å². The summed E-state index contributed by atoms with van der Waals surface area (Å²) in [5.74, 6) is 1.02. The van der Waals surface area contributed by atoms with Gasteiger partial charge in [0.25, 0.3) is 0 Å². The van der Waals surface area contributed by atoms with E-state index < -0.39 is 5.97 Å². The molecule has 1 aromatic heterocycles. The Morgan fingerprint density at radius 2 is 2.47 bits per heavy atom. The van der Waals surface area contributed by atoms with Crippen molar-refractivity contribution in [3.8, 4) is 0 Å². The SMILES string of the molecule is CC1(c2nnc(COCC(=O)O)o2)CCCS1. The second-order valence-corrected chi connectivity index (χ2v) is 5.67. The topological polar surface area (TPSA) is 85.5 Å². The van der Waals surface area contributed by atoms with E-state index in [1.54, 1.807) is 0 Å². The van der Waals surface area contributed by atoms with Crippen LogP contribution in [0.25, 0.3) is 0 Å². The number of thioether (sulfide) groups is 1. The molecule has 1 aromatic rings. The Bertz CT molecular complexity index is 401. The van der Waals surface area contributed by atoms with Gasteiger partial charge in [-0.2, -0.15) is 0 Å². The van der Waals surface area contributed by atoms with Crippen LogP contribution in [0.1, 0.15) is 31.5 Å². The molecule has 1 fully saturated rings. The monoisotopic (exact) mass is 258 g/mol. The van der Waals surface area contributed by atoms with Gasteiger partial charge in [-0.25, -0.2) is 4.79 Å². The number of ether oxygens (including phenoxy) is 1. The third kappa shape index (κ3) is 2.98. The largest absolute Gasteiger partial charge is 0.480 e. The number of aromatic nitrogens is 2. The van der Waals surface area contributed by atoms with E-state index in [0.717, 1.165) is 18.6 Å². The lowest BCUT2D eigenvalue weighted by Gasteiger charge is -2.16. The molecule has 1 unspecified atom stereocenters. The van der Waals surface area contributed by atoms with Crippen LogP contribution in [0.15, 0.2) is 4.42 Å². The lowest BCUT2D eigenvalue weighted by Crippen LogP contribution is -2.13. The highest BCUT2D eigenvalue weighted by molar-refractivity contribution is 8.00. The fraction of sp³-hybridized carbons (Fsp3) is 0.700. The number of nitrogens with zero attached hydrogens (tertiary/aromatic N) is 2. The number of carboxylic acid groups (broad SMARTS) is 1. The third-order valence-electron chi connectivity index (χ3n) is 2.59. The van der Waals surface area contributed by atoms with Crippen LogP contribution in [-0.2, 0) is 20.9 Å². The van der Waals surface area contributed by atoms with Gasteiger partial charge in [0.15, 0.2) is 0 Å². The van der Waals surface area contributed by atoms with Crippen molar-refractivity contribution < 1.29 is 19.1 Å². The number of carbonyl (C=O) groups is 1. The summed E-state index contributed by atoms with van der Waals surface area (Å²) in [5.41, 5.74) is 0. The molecule has 2 rings (SSSR count). The second kappa shape index (κ2) is 5.05. The predicted octanol–water partition coefficient (Wildman–Crippen LogP) is 1.41. The Kier molecular flexibility index (Phi) is 3.68. The summed E-state index contributed by atoms with van der Waals surface area (Å²) in [6, 6.07) is 0. The number of hydrogen-bond donors (Lipinski definition) is 1. The molecule has 0 saturated carbocycles. The molecule has 1 aliphatic rings. The zero-order valence-corrected chi connectivity index (χ0v) is 10.3. The minimum atomic E-state index is -1.01. The van der Waals surface area contributed by atoms with Gasteiger partial charge in [0.05, 0.1) is 4.75 Å². The smallest absolute Gasteiger partial charge is 0.329 e. The van der Waals surface area contributed by atoms with Gasteiger partial charge in [-0.05, 0) is 25.5 Å². The second-order valence-electron chi connectivity index (χ2n) is 4.07. The molecule has 94 valence electrons. The molecule has 17 heavy (non-hydrogen) atoms. The summed E-state index contributed by atoms with van der Waals surface area (Å²) in [5, 5.41) is 16.3. The molecule has 0 bridgehead atoms. The van der Waals surface area contributed by atoms with Crippen LogP contribution in [-0.4, -0.2) is 33.6 Å². The first kappa shape index (κ1) is 12.4. The Labute approximate surface area is 103 Å². The molecule has 2 heterocycles. The van der Waals surface area contributed by atoms with Crippen LogP contribution in [0.3, 0.4) is 0 Å². The van der Waals surface area contributed by atoms with E-state index in [4.69, 9.17) is 14.3 Å². The van der Waals surface area contributed by atoms with E-state index in [9.17, 15) is 4.79 Å². The van der Waals surface area contributed by atoms with Gasteiger partial charge in [-0.15, -0.1) is 22.0 Å². The van der Waals surface area contributed by atoms with Gasteiger partial charge in [-0.3, -0.25) is 0 Å². The van der Waals surface area contributed by atoms with Crippen LogP contribution in [0.5, 0.6) is 0 Å². The molecule has 1 aliphatic heterocycles. The van der Waals surface area contributed by atoms with Gasteiger partial charge in [0.1, 0.15) is 13.2 Å². The van der Waals surface area contributed by atoms with Crippen molar-refractivity contribution in [2.75, 3.05) is 12.4 Å². The molecule has 6 nitrogen and oxygen atoms in total. The Balaban J connectivity index is 1.93. The number of hydrogen-bond acceptors (Lipinski definition) is 6. The summed E-state index contributed by atoms with van der Waals surface area (Å²) < 4.78 is 10.3. The summed E-state index contributed by atoms with van der Waals surface area (Å²) >= 11 is 1.81. The summed E-state index contributed by atoms with van der Waals surface area (Å²) in [6.07, 6.45) is 2.17. The fourth-order valence-corrected chi connectivity index (χ4v) is 2.93. The number of carboxylic acids is 1. The van der Waals surface area contributed by atoms with Gasteiger partial charge in [0.2, 0.25) is 11.8 Å². The highest BCUT2D eigenvalue weighted by Crippen LogP contribution is 2.45.